The summed E-state index contributed by atoms with van der Waals surface area (Å²) in [6, 6.07) is 15.0. The Bertz CT molecular complexity index is 483. The molecule has 0 spiro atoms. The average molecular weight is 325 g/mol. The number of benzene rings is 2. The largest absolute Gasteiger partial charge is 0.457 e. The van der Waals surface area contributed by atoms with Crippen LogP contribution in [0.4, 0.5) is 0 Å². The third kappa shape index (κ3) is 2.74. The minimum Gasteiger partial charge on any atom is -0.457 e. The zero-order valence-electron chi connectivity index (χ0n) is 8.52. The molecule has 0 saturated heterocycles. The summed E-state index contributed by atoms with van der Waals surface area (Å²) < 4.78 is 6.78. The van der Waals surface area contributed by atoms with E-state index in [4.69, 9.17) is 4.74 Å². The SMILES string of the molecule is [O]Cc1ccccc1Oc1cccc(I)c1. The van der Waals surface area contributed by atoms with Gasteiger partial charge >= 0.3 is 0 Å². The third-order valence-electron chi connectivity index (χ3n) is 2.15. The summed E-state index contributed by atoms with van der Waals surface area (Å²) in [7, 11) is 0. The van der Waals surface area contributed by atoms with E-state index in [1.165, 1.54) is 0 Å². The number of hydrogen-bond acceptors (Lipinski definition) is 1. The number of para-hydroxylation sites is 1. The minimum absolute atomic E-state index is 0.264. The number of ether oxygens (including phenoxy) is 1. The summed E-state index contributed by atoms with van der Waals surface area (Å²) >= 11 is 2.22. The molecular formula is C13H10IO2. The van der Waals surface area contributed by atoms with Gasteiger partial charge in [0.05, 0.1) is 0 Å². The molecule has 2 aromatic rings. The molecule has 0 fully saturated rings. The molecule has 0 heterocycles. The molecule has 81 valence electrons. The zero-order chi connectivity index (χ0) is 11.4. The molecule has 2 rings (SSSR count). The summed E-state index contributed by atoms with van der Waals surface area (Å²) in [4.78, 5) is 0. The summed E-state index contributed by atoms with van der Waals surface area (Å²) in [6.07, 6.45) is 0. The predicted octanol–water partition coefficient (Wildman–Crippen LogP) is 4.01. The van der Waals surface area contributed by atoms with Crippen molar-refractivity contribution in [1.82, 2.24) is 0 Å². The Morgan fingerprint density at radius 3 is 2.62 bits per heavy atom. The van der Waals surface area contributed by atoms with Gasteiger partial charge in [-0.3, -0.25) is 0 Å². The predicted molar refractivity (Wildman–Crippen MR) is 70.1 cm³/mol. The maximum absolute atomic E-state index is 10.9. The third-order valence-corrected chi connectivity index (χ3v) is 2.82. The van der Waals surface area contributed by atoms with E-state index in [0.717, 1.165) is 9.32 Å². The first kappa shape index (κ1) is 11.4. The van der Waals surface area contributed by atoms with Gasteiger partial charge in [-0.05, 0) is 46.9 Å². The van der Waals surface area contributed by atoms with Gasteiger partial charge in [-0.25, -0.2) is 5.11 Å². The van der Waals surface area contributed by atoms with Crippen LogP contribution in [0.1, 0.15) is 5.56 Å². The Morgan fingerprint density at radius 1 is 1.06 bits per heavy atom. The van der Waals surface area contributed by atoms with E-state index in [2.05, 4.69) is 22.6 Å². The fourth-order valence-electron chi connectivity index (χ4n) is 1.38. The Balaban J connectivity index is 2.26. The van der Waals surface area contributed by atoms with Crippen molar-refractivity contribution in [2.24, 2.45) is 0 Å². The van der Waals surface area contributed by atoms with Crippen LogP contribution in [-0.2, 0) is 11.7 Å². The molecule has 0 aliphatic heterocycles. The second-order valence-corrected chi connectivity index (χ2v) is 4.56. The summed E-state index contributed by atoms with van der Waals surface area (Å²) in [5.74, 6) is 1.40. The fraction of sp³-hybridized carbons (Fsp3) is 0.0769. The molecule has 0 atom stereocenters. The molecule has 2 nitrogen and oxygen atoms in total. The first-order valence-electron chi connectivity index (χ1n) is 4.89. The first-order valence-corrected chi connectivity index (χ1v) is 5.97. The van der Waals surface area contributed by atoms with Crippen LogP contribution in [0.5, 0.6) is 11.5 Å². The Morgan fingerprint density at radius 2 is 1.88 bits per heavy atom. The first-order chi connectivity index (χ1) is 7.79. The van der Waals surface area contributed by atoms with Crippen LogP contribution in [0.2, 0.25) is 0 Å². The minimum atomic E-state index is -0.264. The standard InChI is InChI=1S/C13H10IO2/c14-11-5-3-6-12(8-11)16-13-7-2-1-4-10(13)9-15/h1-8H,9H2. The lowest BCUT2D eigenvalue weighted by Crippen LogP contribution is -1.90. The highest BCUT2D eigenvalue weighted by Gasteiger charge is 2.03. The molecule has 0 bridgehead atoms. The smallest absolute Gasteiger partial charge is 0.133 e. The maximum atomic E-state index is 10.9. The van der Waals surface area contributed by atoms with Crippen LogP contribution in [-0.4, -0.2) is 0 Å². The number of rotatable bonds is 3. The molecule has 1 radical (unpaired) electrons. The van der Waals surface area contributed by atoms with E-state index in [1.54, 1.807) is 6.07 Å². The van der Waals surface area contributed by atoms with Crippen molar-refractivity contribution < 1.29 is 9.84 Å². The zero-order valence-corrected chi connectivity index (χ0v) is 10.7. The molecule has 0 aliphatic rings. The highest BCUT2D eigenvalue weighted by Crippen LogP contribution is 2.26. The van der Waals surface area contributed by atoms with Crippen molar-refractivity contribution in [1.29, 1.82) is 0 Å². The highest BCUT2D eigenvalue weighted by atomic mass is 127. The maximum Gasteiger partial charge on any atom is 0.133 e. The van der Waals surface area contributed by atoms with Crippen LogP contribution >= 0.6 is 22.6 Å². The highest BCUT2D eigenvalue weighted by molar-refractivity contribution is 14.1. The molecule has 0 aromatic heterocycles. The van der Waals surface area contributed by atoms with E-state index in [1.807, 2.05) is 42.5 Å². The number of halogens is 1. The quantitative estimate of drug-likeness (QED) is 0.784. The Kier molecular flexibility index (Phi) is 3.79. The van der Waals surface area contributed by atoms with Crippen LogP contribution in [0, 0.1) is 3.57 Å². The molecule has 3 heteroatoms. The van der Waals surface area contributed by atoms with Crippen molar-refractivity contribution in [3.63, 3.8) is 0 Å². The molecule has 0 aliphatic carbocycles. The van der Waals surface area contributed by atoms with Crippen LogP contribution in [0.3, 0.4) is 0 Å². The van der Waals surface area contributed by atoms with Crippen molar-refractivity contribution in [2.75, 3.05) is 0 Å². The molecule has 0 unspecified atom stereocenters. The van der Waals surface area contributed by atoms with Gasteiger partial charge in [0.2, 0.25) is 0 Å². The summed E-state index contributed by atoms with van der Waals surface area (Å²) in [6.45, 7) is -0.264. The summed E-state index contributed by atoms with van der Waals surface area (Å²) in [5.41, 5.74) is 0.682. The monoisotopic (exact) mass is 325 g/mol. The van der Waals surface area contributed by atoms with Crippen LogP contribution in [0.25, 0.3) is 0 Å². The van der Waals surface area contributed by atoms with Crippen LogP contribution in [0.15, 0.2) is 48.5 Å². The number of hydrogen-bond donors (Lipinski definition) is 0. The second kappa shape index (κ2) is 5.32. The van der Waals surface area contributed by atoms with E-state index >= 15 is 0 Å². The van der Waals surface area contributed by atoms with Gasteiger partial charge in [0, 0.05) is 9.13 Å². The van der Waals surface area contributed by atoms with Gasteiger partial charge < -0.3 is 4.74 Å². The van der Waals surface area contributed by atoms with Crippen molar-refractivity contribution >= 4 is 22.6 Å². The van der Waals surface area contributed by atoms with Crippen molar-refractivity contribution in [3.05, 3.63) is 57.7 Å². The van der Waals surface area contributed by atoms with Gasteiger partial charge in [-0.15, -0.1) is 0 Å². The second-order valence-electron chi connectivity index (χ2n) is 3.31. The lowest BCUT2D eigenvalue weighted by Gasteiger charge is -2.08. The van der Waals surface area contributed by atoms with E-state index in [0.29, 0.717) is 11.3 Å². The average Bonchev–Trinajstić information content (AvgIpc) is 2.30. The molecule has 0 saturated carbocycles. The van der Waals surface area contributed by atoms with E-state index in [9.17, 15) is 5.11 Å². The van der Waals surface area contributed by atoms with Gasteiger partial charge in [0.25, 0.3) is 0 Å². The lowest BCUT2D eigenvalue weighted by molar-refractivity contribution is 0.175. The molecule has 2 aromatic carbocycles. The topological polar surface area (TPSA) is 29.1 Å². The van der Waals surface area contributed by atoms with Gasteiger partial charge in [-0.1, -0.05) is 24.3 Å². The van der Waals surface area contributed by atoms with Crippen LogP contribution < -0.4 is 4.74 Å². The molecule has 16 heavy (non-hydrogen) atoms. The normalized spacial score (nSPS) is 10.1. The summed E-state index contributed by atoms with van der Waals surface area (Å²) in [5, 5.41) is 10.9. The van der Waals surface area contributed by atoms with E-state index < -0.39 is 0 Å². The van der Waals surface area contributed by atoms with Gasteiger partial charge in [-0.2, -0.15) is 0 Å². The van der Waals surface area contributed by atoms with Gasteiger partial charge in [0.1, 0.15) is 18.1 Å². The molecular weight excluding hydrogens is 315 g/mol. The Labute approximate surface area is 108 Å². The molecule has 0 amide bonds. The Hall–Kier alpha value is -1.07. The fourth-order valence-corrected chi connectivity index (χ4v) is 1.89. The van der Waals surface area contributed by atoms with E-state index in [-0.39, 0.29) is 6.61 Å². The molecule has 0 N–H and O–H groups in total. The van der Waals surface area contributed by atoms with Gasteiger partial charge in [0.15, 0.2) is 0 Å². The van der Waals surface area contributed by atoms with Crippen molar-refractivity contribution in [2.45, 2.75) is 6.61 Å². The van der Waals surface area contributed by atoms with Crippen molar-refractivity contribution in [3.8, 4) is 11.5 Å². The lowest BCUT2D eigenvalue weighted by atomic mass is 10.2.